The molecule has 0 saturated heterocycles. The average Bonchev–Trinajstić information content (AvgIpc) is 2.63. The van der Waals surface area contributed by atoms with Crippen LogP contribution in [0.5, 0.6) is 0 Å². The van der Waals surface area contributed by atoms with Gasteiger partial charge in [-0.2, -0.15) is 5.26 Å². The molecule has 0 spiro atoms. The number of fused-ring (bicyclic) bond motifs is 2. The number of halogens is 1. The third-order valence-corrected chi connectivity index (χ3v) is 5.95. The minimum atomic E-state index is 0.286. The van der Waals surface area contributed by atoms with E-state index in [2.05, 4.69) is 42.7 Å². The van der Waals surface area contributed by atoms with Crippen molar-refractivity contribution in [2.24, 2.45) is 0 Å². The van der Waals surface area contributed by atoms with Gasteiger partial charge in [0, 0.05) is 27.4 Å². The fourth-order valence-corrected chi connectivity index (χ4v) is 4.62. The van der Waals surface area contributed by atoms with Crippen LogP contribution in [0, 0.1) is 11.3 Å². The van der Waals surface area contributed by atoms with Crippen molar-refractivity contribution in [2.75, 3.05) is 24.5 Å². The van der Waals surface area contributed by atoms with E-state index in [4.69, 9.17) is 11.6 Å². The van der Waals surface area contributed by atoms with E-state index >= 15 is 0 Å². The molecule has 1 heterocycles. The Morgan fingerprint density at radius 3 is 2.56 bits per heavy atom. The maximum atomic E-state index is 9.32. The predicted molar refractivity (Wildman–Crippen MR) is 106 cm³/mol. The zero-order valence-electron chi connectivity index (χ0n) is 14.8. The lowest BCUT2D eigenvalue weighted by Gasteiger charge is -2.39. The second kappa shape index (κ2) is 7.70. The summed E-state index contributed by atoms with van der Waals surface area (Å²) in [7, 11) is 0. The van der Waals surface area contributed by atoms with Gasteiger partial charge in [-0.25, -0.2) is 0 Å². The van der Waals surface area contributed by atoms with E-state index in [1.807, 2.05) is 30.3 Å². The van der Waals surface area contributed by atoms with Crippen LogP contribution < -0.4 is 4.90 Å². The molecule has 0 aromatic heterocycles. The van der Waals surface area contributed by atoms with Crippen molar-refractivity contribution in [3.05, 3.63) is 47.0 Å². The molecule has 2 aromatic rings. The smallest absolute Gasteiger partial charge is 0.0992 e. The molecule has 3 nitrogen and oxygen atoms in total. The van der Waals surface area contributed by atoms with E-state index in [1.54, 1.807) is 11.8 Å². The normalized spacial score (nSPS) is 14.0. The zero-order chi connectivity index (χ0) is 18.0. The van der Waals surface area contributed by atoms with Crippen LogP contribution >= 0.6 is 23.4 Å². The molecule has 0 unspecified atom stereocenters. The fourth-order valence-electron chi connectivity index (χ4n) is 3.29. The summed E-state index contributed by atoms with van der Waals surface area (Å²) in [6.07, 6.45) is 0. The van der Waals surface area contributed by atoms with Crippen LogP contribution in [0.2, 0.25) is 5.02 Å². The van der Waals surface area contributed by atoms with Crippen molar-refractivity contribution < 1.29 is 0 Å². The lowest BCUT2D eigenvalue weighted by Crippen LogP contribution is -2.41. The van der Waals surface area contributed by atoms with Gasteiger partial charge >= 0.3 is 0 Å². The fraction of sp³-hybridized carbons (Fsp3) is 0.350. The van der Waals surface area contributed by atoms with Crippen molar-refractivity contribution in [3.8, 4) is 6.07 Å². The maximum absolute atomic E-state index is 9.32. The highest BCUT2D eigenvalue weighted by Gasteiger charge is 2.28. The lowest BCUT2D eigenvalue weighted by molar-refractivity contribution is 0.288. The largest absolute Gasteiger partial charge is 0.335 e. The van der Waals surface area contributed by atoms with Gasteiger partial charge in [-0.1, -0.05) is 37.2 Å². The number of hydrogen-bond donors (Lipinski definition) is 0. The van der Waals surface area contributed by atoms with E-state index in [0.717, 1.165) is 40.9 Å². The average molecular weight is 372 g/mol. The van der Waals surface area contributed by atoms with Crippen LogP contribution in [0.3, 0.4) is 0 Å². The Morgan fingerprint density at radius 1 is 1.12 bits per heavy atom. The standard InChI is InChI=1S/C20H22ClN3S/c1-4-23(5-2)13-14(3)24-17-8-7-16(21)11-20(17)25-19-9-6-15(12-22)10-18(19)24/h6-11,14H,4-5,13H2,1-3H3/t14-/m1/s1. The summed E-state index contributed by atoms with van der Waals surface area (Å²) in [4.78, 5) is 7.11. The first-order valence-electron chi connectivity index (χ1n) is 8.60. The SMILES string of the molecule is CCN(CC)C[C@@H](C)N1c2ccc(Cl)cc2Sc2ccc(C#N)cc21. The summed E-state index contributed by atoms with van der Waals surface area (Å²) in [6, 6.07) is 14.5. The molecule has 25 heavy (non-hydrogen) atoms. The van der Waals surface area contributed by atoms with Gasteiger partial charge in [-0.3, -0.25) is 0 Å². The molecule has 0 saturated carbocycles. The molecule has 0 N–H and O–H groups in total. The van der Waals surface area contributed by atoms with Crippen molar-refractivity contribution in [1.29, 1.82) is 5.26 Å². The zero-order valence-corrected chi connectivity index (χ0v) is 16.4. The minimum Gasteiger partial charge on any atom is -0.335 e. The maximum Gasteiger partial charge on any atom is 0.0992 e. The van der Waals surface area contributed by atoms with E-state index in [1.165, 1.54) is 4.90 Å². The summed E-state index contributed by atoms with van der Waals surface area (Å²) in [5, 5.41) is 10.1. The first-order chi connectivity index (χ1) is 12.1. The van der Waals surface area contributed by atoms with Crippen molar-refractivity contribution in [1.82, 2.24) is 4.90 Å². The van der Waals surface area contributed by atoms with Crippen LogP contribution in [-0.2, 0) is 0 Å². The van der Waals surface area contributed by atoms with Gasteiger partial charge in [0.25, 0.3) is 0 Å². The topological polar surface area (TPSA) is 30.3 Å². The second-order valence-electron chi connectivity index (χ2n) is 6.21. The molecule has 0 aliphatic carbocycles. The number of anilines is 2. The van der Waals surface area contributed by atoms with Gasteiger partial charge in [0.1, 0.15) is 0 Å². The molecule has 5 heteroatoms. The number of hydrogen-bond acceptors (Lipinski definition) is 4. The number of nitriles is 1. The highest BCUT2D eigenvalue weighted by Crippen LogP contribution is 2.50. The Labute approximate surface area is 159 Å². The number of nitrogens with zero attached hydrogens (tertiary/aromatic N) is 3. The molecule has 0 amide bonds. The third kappa shape index (κ3) is 3.64. The Morgan fingerprint density at radius 2 is 1.88 bits per heavy atom. The Balaban J connectivity index is 2.07. The highest BCUT2D eigenvalue weighted by molar-refractivity contribution is 7.99. The lowest BCUT2D eigenvalue weighted by atomic mass is 10.1. The highest BCUT2D eigenvalue weighted by atomic mass is 35.5. The molecular formula is C20H22ClN3S. The number of rotatable bonds is 5. The van der Waals surface area contributed by atoms with Crippen LogP contribution in [-0.4, -0.2) is 30.6 Å². The summed E-state index contributed by atoms with van der Waals surface area (Å²) in [5.41, 5.74) is 2.96. The van der Waals surface area contributed by atoms with E-state index < -0.39 is 0 Å². The monoisotopic (exact) mass is 371 g/mol. The summed E-state index contributed by atoms with van der Waals surface area (Å²) in [6.45, 7) is 9.66. The van der Waals surface area contributed by atoms with Gasteiger partial charge in [0.15, 0.2) is 0 Å². The molecule has 3 rings (SSSR count). The molecule has 0 bridgehead atoms. The van der Waals surface area contributed by atoms with E-state index in [9.17, 15) is 5.26 Å². The van der Waals surface area contributed by atoms with Crippen molar-refractivity contribution >= 4 is 34.7 Å². The van der Waals surface area contributed by atoms with Gasteiger partial charge in [-0.05, 0) is 56.4 Å². The third-order valence-electron chi connectivity index (χ3n) is 4.61. The Bertz CT molecular complexity index is 811. The van der Waals surface area contributed by atoms with E-state index in [-0.39, 0.29) is 6.04 Å². The molecular weight excluding hydrogens is 350 g/mol. The summed E-state index contributed by atoms with van der Waals surface area (Å²) >= 11 is 7.94. The first kappa shape index (κ1) is 18.1. The summed E-state index contributed by atoms with van der Waals surface area (Å²) in [5.74, 6) is 0. The molecule has 0 radical (unpaired) electrons. The van der Waals surface area contributed by atoms with Crippen LogP contribution in [0.25, 0.3) is 0 Å². The van der Waals surface area contributed by atoms with Crippen LogP contribution in [0.4, 0.5) is 11.4 Å². The molecule has 1 aliphatic rings. The van der Waals surface area contributed by atoms with Crippen molar-refractivity contribution in [2.45, 2.75) is 36.6 Å². The van der Waals surface area contributed by atoms with Crippen LogP contribution in [0.15, 0.2) is 46.2 Å². The number of likely N-dealkylation sites (N-methyl/N-ethyl adjacent to an activating group) is 1. The van der Waals surface area contributed by atoms with Gasteiger partial charge in [-0.15, -0.1) is 0 Å². The minimum absolute atomic E-state index is 0.286. The molecule has 1 atom stereocenters. The van der Waals surface area contributed by atoms with Crippen LogP contribution in [0.1, 0.15) is 26.3 Å². The second-order valence-corrected chi connectivity index (χ2v) is 7.73. The Kier molecular flexibility index (Phi) is 5.58. The van der Waals surface area contributed by atoms with Gasteiger partial charge in [0.05, 0.1) is 23.0 Å². The van der Waals surface area contributed by atoms with Gasteiger partial charge < -0.3 is 9.80 Å². The molecule has 130 valence electrons. The van der Waals surface area contributed by atoms with Gasteiger partial charge in [0.2, 0.25) is 0 Å². The Hall–Kier alpha value is -1.67. The van der Waals surface area contributed by atoms with Crippen molar-refractivity contribution in [3.63, 3.8) is 0 Å². The quantitative estimate of drug-likeness (QED) is 0.689. The first-order valence-corrected chi connectivity index (χ1v) is 9.80. The summed E-state index contributed by atoms with van der Waals surface area (Å²) < 4.78 is 0. The molecule has 0 fully saturated rings. The molecule has 1 aliphatic heterocycles. The van der Waals surface area contributed by atoms with E-state index in [0.29, 0.717) is 5.56 Å². The molecule has 2 aromatic carbocycles. The number of benzene rings is 2. The predicted octanol–water partition coefficient (Wildman–Crippen LogP) is 5.54.